The SMILES string of the molecule is CCNC(=O)c1noc(C2(C)CCCCN2)n1. The summed E-state index contributed by atoms with van der Waals surface area (Å²) < 4.78 is 5.19. The molecule has 2 N–H and O–H groups in total. The van der Waals surface area contributed by atoms with Crippen LogP contribution in [0.5, 0.6) is 0 Å². The molecular weight excluding hydrogens is 220 g/mol. The fourth-order valence-corrected chi connectivity index (χ4v) is 2.02. The number of hydrogen-bond acceptors (Lipinski definition) is 5. The first kappa shape index (κ1) is 12.0. The second-order valence-electron chi connectivity index (χ2n) is 4.50. The summed E-state index contributed by atoms with van der Waals surface area (Å²) >= 11 is 0. The van der Waals surface area contributed by atoms with Crippen LogP contribution in [-0.2, 0) is 5.54 Å². The second-order valence-corrected chi connectivity index (χ2v) is 4.50. The Morgan fingerprint density at radius 2 is 2.41 bits per heavy atom. The summed E-state index contributed by atoms with van der Waals surface area (Å²) in [5.74, 6) is 0.316. The molecule has 94 valence electrons. The highest BCUT2D eigenvalue weighted by Gasteiger charge is 2.34. The predicted octanol–water partition coefficient (Wildman–Crippen LogP) is 0.808. The zero-order valence-electron chi connectivity index (χ0n) is 10.2. The monoisotopic (exact) mass is 238 g/mol. The Hall–Kier alpha value is -1.43. The predicted molar refractivity (Wildman–Crippen MR) is 61.5 cm³/mol. The molecule has 2 rings (SSSR count). The first-order valence-electron chi connectivity index (χ1n) is 6.03. The summed E-state index contributed by atoms with van der Waals surface area (Å²) in [6.07, 6.45) is 3.24. The molecule has 0 spiro atoms. The molecule has 0 bridgehead atoms. The van der Waals surface area contributed by atoms with Crippen molar-refractivity contribution in [2.45, 2.75) is 38.6 Å². The third-order valence-corrected chi connectivity index (χ3v) is 3.06. The highest BCUT2D eigenvalue weighted by atomic mass is 16.5. The average molecular weight is 238 g/mol. The number of aromatic nitrogens is 2. The molecule has 1 aromatic heterocycles. The van der Waals surface area contributed by atoms with Crippen LogP contribution in [0.25, 0.3) is 0 Å². The quantitative estimate of drug-likeness (QED) is 0.814. The van der Waals surface area contributed by atoms with Crippen LogP contribution in [-0.4, -0.2) is 29.1 Å². The van der Waals surface area contributed by atoms with Crippen molar-refractivity contribution in [3.63, 3.8) is 0 Å². The molecule has 1 aliphatic heterocycles. The Labute approximate surface area is 100 Å². The highest BCUT2D eigenvalue weighted by Crippen LogP contribution is 2.28. The van der Waals surface area contributed by atoms with Crippen molar-refractivity contribution < 1.29 is 9.32 Å². The molecular formula is C11H18N4O2. The Morgan fingerprint density at radius 3 is 3.06 bits per heavy atom. The molecule has 1 amide bonds. The maximum absolute atomic E-state index is 11.5. The fourth-order valence-electron chi connectivity index (χ4n) is 2.02. The Balaban J connectivity index is 2.14. The standard InChI is InChI=1S/C11H18N4O2/c1-3-12-9(16)8-14-10(17-15-8)11(2)6-4-5-7-13-11/h13H,3-7H2,1-2H3,(H,12,16). The average Bonchev–Trinajstić information content (AvgIpc) is 2.80. The van der Waals surface area contributed by atoms with Gasteiger partial charge in [0.2, 0.25) is 5.89 Å². The van der Waals surface area contributed by atoms with Crippen LogP contribution in [0.15, 0.2) is 4.52 Å². The van der Waals surface area contributed by atoms with Crippen LogP contribution >= 0.6 is 0 Å². The van der Waals surface area contributed by atoms with Crippen molar-refractivity contribution in [1.29, 1.82) is 0 Å². The lowest BCUT2D eigenvalue weighted by Gasteiger charge is -2.31. The molecule has 6 heteroatoms. The molecule has 1 atom stereocenters. The Bertz CT molecular complexity index is 396. The minimum absolute atomic E-state index is 0.107. The van der Waals surface area contributed by atoms with Crippen LogP contribution in [0.3, 0.4) is 0 Å². The third-order valence-electron chi connectivity index (χ3n) is 3.06. The van der Waals surface area contributed by atoms with Gasteiger partial charge in [-0.1, -0.05) is 5.16 Å². The molecule has 1 saturated heterocycles. The lowest BCUT2D eigenvalue weighted by atomic mass is 9.91. The summed E-state index contributed by atoms with van der Waals surface area (Å²) in [4.78, 5) is 15.7. The highest BCUT2D eigenvalue weighted by molar-refractivity contribution is 5.90. The van der Waals surface area contributed by atoms with Crippen molar-refractivity contribution in [3.8, 4) is 0 Å². The third kappa shape index (κ3) is 2.46. The van der Waals surface area contributed by atoms with Gasteiger partial charge in [-0.25, -0.2) is 0 Å². The molecule has 6 nitrogen and oxygen atoms in total. The van der Waals surface area contributed by atoms with Gasteiger partial charge >= 0.3 is 0 Å². The molecule has 0 aromatic carbocycles. The Kier molecular flexibility index (Phi) is 3.42. The van der Waals surface area contributed by atoms with E-state index in [2.05, 4.69) is 20.8 Å². The van der Waals surface area contributed by atoms with Crippen LogP contribution in [0.2, 0.25) is 0 Å². The maximum atomic E-state index is 11.5. The van der Waals surface area contributed by atoms with Gasteiger partial charge in [-0.05, 0) is 39.7 Å². The van der Waals surface area contributed by atoms with E-state index in [9.17, 15) is 4.79 Å². The van der Waals surface area contributed by atoms with Gasteiger partial charge in [-0.2, -0.15) is 4.98 Å². The van der Waals surface area contributed by atoms with Crippen molar-refractivity contribution in [2.24, 2.45) is 0 Å². The zero-order chi connectivity index (χ0) is 12.3. The minimum atomic E-state index is -0.296. The number of nitrogens with zero attached hydrogens (tertiary/aromatic N) is 2. The lowest BCUT2D eigenvalue weighted by Crippen LogP contribution is -2.43. The molecule has 1 fully saturated rings. The van der Waals surface area contributed by atoms with Crippen molar-refractivity contribution in [3.05, 3.63) is 11.7 Å². The molecule has 0 aliphatic carbocycles. The van der Waals surface area contributed by atoms with E-state index in [1.54, 1.807) is 0 Å². The number of hydrogen-bond donors (Lipinski definition) is 2. The first-order valence-corrected chi connectivity index (χ1v) is 6.03. The van der Waals surface area contributed by atoms with Gasteiger partial charge in [0.1, 0.15) is 0 Å². The molecule has 1 aromatic rings. The number of rotatable bonds is 3. The van der Waals surface area contributed by atoms with Gasteiger partial charge < -0.3 is 15.2 Å². The smallest absolute Gasteiger partial charge is 0.292 e. The topological polar surface area (TPSA) is 80.0 Å². The van der Waals surface area contributed by atoms with E-state index in [0.29, 0.717) is 12.4 Å². The van der Waals surface area contributed by atoms with Crippen molar-refractivity contribution >= 4 is 5.91 Å². The van der Waals surface area contributed by atoms with Crippen molar-refractivity contribution in [2.75, 3.05) is 13.1 Å². The van der Waals surface area contributed by atoms with Gasteiger partial charge in [-0.15, -0.1) is 0 Å². The Morgan fingerprint density at radius 1 is 1.59 bits per heavy atom. The minimum Gasteiger partial charge on any atom is -0.349 e. The largest absolute Gasteiger partial charge is 0.349 e. The van der Waals surface area contributed by atoms with Crippen LogP contribution < -0.4 is 10.6 Å². The molecule has 1 unspecified atom stereocenters. The van der Waals surface area contributed by atoms with E-state index >= 15 is 0 Å². The molecule has 17 heavy (non-hydrogen) atoms. The normalized spacial score (nSPS) is 24.6. The number of piperidine rings is 1. The molecule has 1 aliphatic rings. The van der Waals surface area contributed by atoms with E-state index in [1.165, 1.54) is 0 Å². The molecule has 2 heterocycles. The lowest BCUT2D eigenvalue weighted by molar-refractivity contribution is 0.0942. The zero-order valence-corrected chi connectivity index (χ0v) is 10.2. The second kappa shape index (κ2) is 4.83. The number of amides is 1. The summed E-state index contributed by atoms with van der Waals surface area (Å²) in [6, 6.07) is 0. The summed E-state index contributed by atoms with van der Waals surface area (Å²) in [5, 5.41) is 9.73. The van der Waals surface area contributed by atoms with E-state index < -0.39 is 0 Å². The number of carbonyl (C=O) groups excluding carboxylic acids is 1. The summed E-state index contributed by atoms with van der Waals surface area (Å²) in [7, 11) is 0. The van der Waals surface area contributed by atoms with Crippen LogP contribution in [0.4, 0.5) is 0 Å². The summed E-state index contributed by atoms with van der Waals surface area (Å²) in [5.41, 5.74) is -0.296. The van der Waals surface area contributed by atoms with E-state index in [0.717, 1.165) is 25.8 Å². The van der Waals surface area contributed by atoms with E-state index in [1.807, 2.05) is 13.8 Å². The molecule has 0 saturated carbocycles. The van der Waals surface area contributed by atoms with Crippen LogP contribution in [0.1, 0.15) is 49.6 Å². The van der Waals surface area contributed by atoms with Gasteiger partial charge in [0, 0.05) is 6.54 Å². The van der Waals surface area contributed by atoms with Gasteiger partial charge in [0.05, 0.1) is 5.54 Å². The number of carbonyl (C=O) groups is 1. The molecule has 0 radical (unpaired) electrons. The summed E-state index contributed by atoms with van der Waals surface area (Å²) in [6.45, 7) is 5.37. The maximum Gasteiger partial charge on any atom is 0.292 e. The van der Waals surface area contributed by atoms with E-state index in [-0.39, 0.29) is 17.3 Å². The van der Waals surface area contributed by atoms with Gasteiger partial charge in [0.15, 0.2) is 0 Å². The van der Waals surface area contributed by atoms with Crippen LogP contribution in [0, 0.1) is 0 Å². The van der Waals surface area contributed by atoms with Crippen molar-refractivity contribution in [1.82, 2.24) is 20.8 Å². The van der Waals surface area contributed by atoms with Gasteiger partial charge in [0.25, 0.3) is 11.7 Å². The number of nitrogens with one attached hydrogen (secondary N) is 2. The van der Waals surface area contributed by atoms with Gasteiger partial charge in [-0.3, -0.25) is 4.79 Å². The van der Waals surface area contributed by atoms with E-state index in [4.69, 9.17) is 4.52 Å². The fraction of sp³-hybridized carbons (Fsp3) is 0.727. The first-order chi connectivity index (χ1) is 8.15.